The number of amides is 3. The lowest BCUT2D eigenvalue weighted by molar-refractivity contribution is -0.121. The second-order valence-corrected chi connectivity index (χ2v) is 6.57. The number of imide groups is 1. The SMILES string of the molecule is Cc1nc(NCCNC(=O)CN2C(=O)c3ccccc3C2=O)cc(N(C)C)n1. The molecule has 3 amide bonds. The molecule has 0 atom stereocenters. The number of hydrogen-bond acceptors (Lipinski definition) is 7. The molecule has 0 unspecified atom stereocenters. The Hall–Kier alpha value is -3.49. The first kappa shape index (κ1) is 19.3. The van der Waals surface area contributed by atoms with E-state index in [1.807, 2.05) is 32.0 Å². The zero-order chi connectivity index (χ0) is 20.3. The van der Waals surface area contributed by atoms with Crippen LogP contribution in [0.1, 0.15) is 26.5 Å². The lowest BCUT2D eigenvalue weighted by Gasteiger charge is -2.15. The molecule has 0 fully saturated rings. The molecule has 0 aliphatic carbocycles. The van der Waals surface area contributed by atoms with Crippen molar-refractivity contribution in [2.45, 2.75) is 6.92 Å². The minimum atomic E-state index is -0.443. The molecule has 9 heteroatoms. The van der Waals surface area contributed by atoms with Crippen LogP contribution in [0.15, 0.2) is 30.3 Å². The molecule has 1 aliphatic rings. The summed E-state index contributed by atoms with van der Waals surface area (Å²) in [6, 6.07) is 8.37. The van der Waals surface area contributed by atoms with Gasteiger partial charge in [-0.05, 0) is 19.1 Å². The molecule has 2 aromatic rings. The lowest BCUT2D eigenvalue weighted by atomic mass is 10.1. The smallest absolute Gasteiger partial charge is 0.262 e. The van der Waals surface area contributed by atoms with Gasteiger partial charge in [-0.1, -0.05) is 12.1 Å². The van der Waals surface area contributed by atoms with Crippen molar-refractivity contribution in [1.29, 1.82) is 0 Å². The monoisotopic (exact) mass is 382 g/mol. The minimum absolute atomic E-state index is 0.302. The van der Waals surface area contributed by atoms with Crippen LogP contribution in [0.5, 0.6) is 0 Å². The molecular weight excluding hydrogens is 360 g/mol. The van der Waals surface area contributed by atoms with Crippen molar-refractivity contribution >= 4 is 29.4 Å². The van der Waals surface area contributed by atoms with E-state index in [0.29, 0.717) is 35.9 Å². The molecule has 1 aliphatic heterocycles. The van der Waals surface area contributed by atoms with Gasteiger partial charge in [0.15, 0.2) is 0 Å². The van der Waals surface area contributed by atoms with Gasteiger partial charge in [-0.2, -0.15) is 0 Å². The summed E-state index contributed by atoms with van der Waals surface area (Å²) in [7, 11) is 3.79. The third-order valence-corrected chi connectivity index (χ3v) is 4.22. The summed E-state index contributed by atoms with van der Waals surface area (Å²) < 4.78 is 0. The molecular formula is C19H22N6O3. The fraction of sp³-hybridized carbons (Fsp3) is 0.316. The van der Waals surface area contributed by atoms with Gasteiger partial charge in [-0.25, -0.2) is 9.97 Å². The van der Waals surface area contributed by atoms with Gasteiger partial charge in [0.05, 0.1) is 11.1 Å². The molecule has 0 radical (unpaired) electrons. The van der Waals surface area contributed by atoms with Crippen LogP contribution in [-0.2, 0) is 4.79 Å². The third kappa shape index (κ3) is 4.08. The average molecular weight is 382 g/mol. The van der Waals surface area contributed by atoms with E-state index >= 15 is 0 Å². The minimum Gasteiger partial charge on any atom is -0.368 e. The van der Waals surface area contributed by atoms with Crippen molar-refractivity contribution in [3.63, 3.8) is 0 Å². The van der Waals surface area contributed by atoms with Crippen LogP contribution in [-0.4, -0.2) is 66.3 Å². The Balaban J connectivity index is 1.48. The van der Waals surface area contributed by atoms with Gasteiger partial charge in [-0.15, -0.1) is 0 Å². The quantitative estimate of drug-likeness (QED) is 0.535. The highest BCUT2D eigenvalue weighted by atomic mass is 16.2. The molecule has 28 heavy (non-hydrogen) atoms. The van der Waals surface area contributed by atoms with E-state index in [-0.39, 0.29) is 6.54 Å². The van der Waals surface area contributed by atoms with Gasteiger partial charge < -0.3 is 15.5 Å². The van der Waals surface area contributed by atoms with E-state index in [1.54, 1.807) is 24.3 Å². The number of nitrogens with one attached hydrogen (secondary N) is 2. The first-order valence-corrected chi connectivity index (χ1v) is 8.85. The van der Waals surface area contributed by atoms with Crippen LogP contribution in [0.3, 0.4) is 0 Å². The topological polar surface area (TPSA) is 108 Å². The maximum Gasteiger partial charge on any atom is 0.262 e. The molecule has 146 valence electrons. The standard InChI is InChI=1S/C19H22N6O3/c1-12-22-15(10-16(23-12)24(2)3)20-8-9-21-17(26)11-25-18(27)13-6-4-5-7-14(13)19(25)28/h4-7,10H,8-9,11H2,1-3H3,(H,21,26)(H,20,22,23). The number of benzene rings is 1. The van der Waals surface area contributed by atoms with Crippen LogP contribution in [0.2, 0.25) is 0 Å². The summed E-state index contributed by atoms with van der Waals surface area (Å²) in [5.41, 5.74) is 0.663. The summed E-state index contributed by atoms with van der Waals surface area (Å²) in [4.78, 5) is 48.1. The Morgan fingerprint density at radius 3 is 2.32 bits per heavy atom. The Kier molecular flexibility index (Phi) is 5.53. The van der Waals surface area contributed by atoms with E-state index in [4.69, 9.17) is 0 Å². The van der Waals surface area contributed by atoms with E-state index in [1.165, 1.54) is 0 Å². The summed E-state index contributed by atoms with van der Waals surface area (Å²) >= 11 is 0. The van der Waals surface area contributed by atoms with Gasteiger partial charge in [0.1, 0.15) is 24.0 Å². The Morgan fingerprint density at radius 1 is 1.07 bits per heavy atom. The van der Waals surface area contributed by atoms with Crippen LogP contribution in [0.4, 0.5) is 11.6 Å². The number of anilines is 2. The van der Waals surface area contributed by atoms with Gasteiger partial charge in [-0.3, -0.25) is 19.3 Å². The fourth-order valence-corrected chi connectivity index (χ4v) is 2.85. The fourth-order valence-electron chi connectivity index (χ4n) is 2.85. The first-order chi connectivity index (χ1) is 13.4. The maximum absolute atomic E-state index is 12.3. The molecule has 3 rings (SSSR count). The number of carbonyl (C=O) groups is 3. The van der Waals surface area contributed by atoms with Crippen LogP contribution in [0, 0.1) is 6.92 Å². The molecule has 0 spiro atoms. The normalized spacial score (nSPS) is 12.8. The highest BCUT2D eigenvalue weighted by Gasteiger charge is 2.36. The van der Waals surface area contributed by atoms with Crippen LogP contribution in [0.25, 0.3) is 0 Å². The molecule has 0 saturated carbocycles. The van der Waals surface area contributed by atoms with Crippen molar-refractivity contribution in [3.05, 3.63) is 47.3 Å². The second-order valence-electron chi connectivity index (χ2n) is 6.57. The van der Waals surface area contributed by atoms with Gasteiger partial charge >= 0.3 is 0 Å². The molecule has 1 aromatic carbocycles. The Morgan fingerprint density at radius 2 is 1.71 bits per heavy atom. The number of nitrogens with zero attached hydrogens (tertiary/aromatic N) is 4. The third-order valence-electron chi connectivity index (χ3n) is 4.22. The number of aryl methyl sites for hydroxylation is 1. The first-order valence-electron chi connectivity index (χ1n) is 8.85. The van der Waals surface area contributed by atoms with Crippen molar-refractivity contribution < 1.29 is 14.4 Å². The van der Waals surface area contributed by atoms with Crippen molar-refractivity contribution in [2.75, 3.05) is 43.9 Å². The molecule has 2 heterocycles. The molecule has 2 N–H and O–H groups in total. The van der Waals surface area contributed by atoms with Crippen molar-refractivity contribution in [1.82, 2.24) is 20.2 Å². The Bertz CT molecular complexity index is 893. The van der Waals surface area contributed by atoms with E-state index < -0.39 is 17.7 Å². The largest absolute Gasteiger partial charge is 0.368 e. The van der Waals surface area contributed by atoms with Gasteiger partial charge in [0.25, 0.3) is 11.8 Å². The van der Waals surface area contributed by atoms with Crippen LogP contribution < -0.4 is 15.5 Å². The molecule has 9 nitrogen and oxygen atoms in total. The zero-order valence-electron chi connectivity index (χ0n) is 16.0. The number of rotatable bonds is 7. The van der Waals surface area contributed by atoms with E-state index in [9.17, 15) is 14.4 Å². The molecule has 0 saturated heterocycles. The maximum atomic E-state index is 12.3. The zero-order valence-corrected chi connectivity index (χ0v) is 16.0. The average Bonchev–Trinajstić information content (AvgIpc) is 2.90. The highest BCUT2D eigenvalue weighted by Crippen LogP contribution is 2.21. The predicted molar refractivity (Wildman–Crippen MR) is 104 cm³/mol. The summed E-state index contributed by atoms with van der Waals surface area (Å²) in [6.07, 6.45) is 0. The second kappa shape index (κ2) is 8.03. The summed E-state index contributed by atoms with van der Waals surface area (Å²) in [6.45, 7) is 2.27. The highest BCUT2D eigenvalue weighted by molar-refractivity contribution is 6.22. The van der Waals surface area contributed by atoms with Crippen molar-refractivity contribution in [3.8, 4) is 0 Å². The van der Waals surface area contributed by atoms with E-state index in [2.05, 4.69) is 20.6 Å². The summed E-state index contributed by atoms with van der Waals surface area (Å²) in [5, 5.41) is 5.82. The number of fused-ring (bicyclic) bond motifs is 1. The Labute approximate surface area is 162 Å². The summed E-state index contributed by atoms with van der Waals surface area (Å²) in [5.74, 6) is 0.797. The molecule has 0 bridgehead atoms. The van der Waals surface area contributed by atoms with Crippen molar-refractivity contribution in [2.24, 2.45) is 0 Å². The number of aromatic nitrogens is 2. The number of hydrogen-bond donors (Lipinski definition) is 2. The van der Waals surface area contributed by atoms with Gasteiger partial charge in [0.2, 0.25) is 5.91 Å². The van der Waals surface area contributed by atoms with Crippen LogP contribution >= 0.6 is 0 Å². The molecule has 1 aromatic heterocycles. The number of carbonyl (C=O) groups excluding carboxylic acids is 3. The van der Waals surface area contributed by atoms with Gasteiger partial charge in [0, 0.05) is 33.3 Å². The van der Waals surface area contributed by atoms with E-state index in [0.717, 1.165) is 10.7 Å². The predicted octanol–water partition coefficient (Wildman–Crippen LogP) is 0.675. The lowest BCUT2D eigenvalue weighted by Crippen LogP contribution is -2.41.